The smallest absolute Gasteiger partial charge is 0.235 e. The topological polar surface area (TPSA) is 80.3 Å². The number of hydrogen-bond acceptors (Lipinski definition) is 4. The molecule has 1 amide bonds. The summed E-state index contributed by atoms with van der Waals surface area (Å²) in [5.41, 5.74) is 0.472. The summed E-state index contributed by atoms with van der Waals surface area (Å²) in [6.07, 6.45) is 0.748. The van der Waals surface area contributed by atoms with Gasteiger partial charge in [0.15, 0.2) is 15.6 Å². The number of amides is 1. The Kier molecular flexibility index (Phi) is 6.08. The molecule has 0 unspecified atom stereocenters. The predicted molar refractivity (Wildman–Crippen MR) is 81.0 cm³/mol. The minimum atomic E-state index is -3.68. The molecule has 0 aliphatic rings. The summed E-state index contributed by atoms with van der Waals surface area (Å²) in [6.45, 7) is 5.91. The van der Waals surface area contributed by atoms with Crippen LogP contribution in [-0.2, 0) is 14.6 Å². The molecule has 21 heavy (non-hydrogen) atoms. The Morgan fingerprint density at radius 2 is 1.71 bits per heavy atom. The van der Waals surface area contributed by atoms with E-state index in [9.17, 15) is 18.0 Å². The Bertz CT molecular complexity index is 603. The SMILES string of the molecule is CCCNC(=O)CS(=O)(=O)c1ccc(C(=O)C(C)C)cc1. The number of nitrogens with one attached hydrogen (secondary N) is 1. The molecule has 0 saturated heterocycles. The predicted octanol–water partition coefficient (Wildman–Crippen LogP) is 1.83. The van der Waals surface area contributed by atoms with Crippen LogP contribution >= 0.6 is 0 Å². The molecule has 0 radical (unpaired) electrons. The van der Waals surface area contributed by atoms with Crippen molar-refractivity contribution in [2.45, 2.75) is 32.1 Å². The molecule has 1 rings (SSSR count). The molecule has 1 N–H and O–H groups in total. The Morgan fingerprint density at radius 1 is 1.14 bits per heavy atom. The van der Waals surface area contributed by atoms with Crippen LogP contribution in [-0.4, -0.2) is 32.4 Å². The monoisotopic (exact) mass is 311 g/mol. The van der Waals surface area contributed by atoms with Gasteiger partial charge in [-0.3, -0.25) is 9.59 Å². The van der Waals surface area contributed by atoms with Gasteiger partial charge in [0, 0.05) is 18.0 Å². The van der Waals surface area contributed by atoms with Gasteiger partial charge in [-0.15, -0.1) is 0 Å². The third-order valence-electron chi connectivity index (χ3n) is 2.92. The summed E-state index contributed by atoms with van der Waals surface area (Å²) in [5, 5.41) is 2.53. The van der Waals surface area contributed by atoms with E-state index in [1.54, 1.807) is 13.8 Å². The number of carbonyl (C=O) groups is 2. The van der Waals surface area contributed by atoms with Crippen molar-refractivity contribution in [2.24, 2.45) is 5.92 Å². The molecule has 6 heteroatoms. The lowest BCUT2D eigenvalue weighted by Crippen LogP contribution is -2.30. The zero-order chi connectivity index (χ0) is 16.0. The van der Waals surface area contributed by atoms with Crippen molar-refractivity contribution >= 4 is 21.5 Å². The second-order valence-corrected chi connectivity index (χ2v) is 7.14. The molecule has 0 atom stereocenters. The van der Waals surface area contributed by atoms with Crippen molar-refractivity contribution in [2.75, 3.05) is 12.3 Å². The first-order chi connectivity index (χ1) is 9.77. The minimum absolute atomic E-state index is 0.0420. The Labute approximate surface area is 125 Å². The number of ketones is 1. The lowest BCUT2D eigenvalue weighted by atomic mass is 10.0. The summed E-state index contributed by atoms with van der Waals surface area (Å²) < 4.78 is 24.2. The highest BCUT2D eigenvalue weighted by molar-refractivity contribution is 7.92. The van der Waals surface area contributed by atoms with Crippen molar-refractivity contribution in [1.29, 1.82) is 0 Å². The second-order valence-electron chi connectivity index (χ2n) is 5.15. The van der Waals surface area contributed by atoms with Gasteiger partial charge < -0.3 is 5.32 Å². The van der Waals surface area contributed by atoms with E-state index in [1.165, 1.54) is 24.3 Å². The second kappa shape index (κ2) is 7.36. The Hall–Kier alpha value is -1.69. The maximum absolute atomic E-state index is 12.1. The number of hydrogen-bond donors (Lipinski definition) is 1. The van der Waals surface area contributed by atoms with Gasteiger partial charge in [-0.1, -0.05) is 32.9 Å². The van der Waals surface area contributed by atoms with Gasteiger partial charge in [-0.05, 0) is 18.6 Å². The van der Waals surface area contributed by atoms with Crippen LogP contribution in [0.2, 0.25) is 0 Å². The first-order valence-electron chi connectivity index (χ1n) is 6.91. The van der Waals surface area contributed by atoms with Gasteiger partial charge in [-0.25, -0.2) is 8.42 Å². The van der Waals surface area contributed by atoms with Gasteiger partial charge >= 0.3 is 0 Å². The van der Waals surface area contributed by atoms with Crippen LogP contribution in [0.1, 0.15) is 37.6 Å². The van der Waals surface area contributed by atoms with Gasteiger partial charge in [0.2, 0.25) is 5.91 Å². The summed E-state index contributed by atoms with van der Waals surface area (Å²) in [7, 11) is -3.68. The molecule has 0 saturated carbocycles. The number of rotatable bonds is 7. The molecule has 0 heterocycles. The lowest BCUT2D eigenvalue weighted by molar-refractivity contribution is -0.118. The van der Waals surface area contributed by atoms with Gasteiger partial charge in [0.05, 0.1) is 4.90 Å². The normalized spacial score (nSPS) is 11.4. The van der Waals surface area contributed by atoms with Crippen molar-refractivity contribution in [3.8, 4) is 0 Å². The summed E-state index contributed by atoms with van der Waals surface area (Å²) in [6, 6.07) is 5.72. The van der Waals surface area contributed by atoms with Gasteiger partial charge in [-0.2, -0.15) is 0 Å². The molecular formula is C15H21NO4S. The molecule has 0 aliphatic heterocycles. The fraction of sp³-hybridized carbons (Fsp3) is 0.467. The van der Waals surface area contributed by atoms with Crippen molar-refractivity contribution in [3.63, 3.8) is 0 Å². The number of carbonyl (C=O) groups excluding carboxylic acids is 2. The quantitative estimate of drug-likeness (QED) is 0.779. The average Bonchev–Trinajstić information content (AvgIpc) is 2.43. The summed E-state index contributed by atoms with van der Waals surface area (Å²) >= 11 is 0. The third-order valence-corrected chi connectivity index (χ3v) is 4.55. The van der Waals surface area contributed by atoms with Crippen molar-refractivity contribution < 1.29 is 18.0 Å². The standard InChI is InChI=1S/C15H21NO4S/c1-4-9-16-14(17)10-21(19,20)13-7-5-12(6-8-13)15(18)11(2)3/h5-8,11H,4,9-10H2,1-3H3,(H,16,17). The van der Waals surface area contributed by atoms with E-state index in [-0.39, 0.29) is 16.6 Å². The number of benzene rings is 1. The van der Waals surface area contributed by atoms with E-state index in [4.69, 9.17) is 0 Å². The maximum atomic E-state index is 12.1. The highest BCUT2D eigenvalue weighted by Crippen LogP contribution is 2.15. The van der Waals surface area contributed by atoms with Crippen LogP contribution in [0.3, 0.4) is 0 Å². The first-order valence-corrected chi connectivity index (χ1v) is 8.57. The van der Waals surface area contributed by atoms with E-state index in [2.05, 4.69) is 5.32 Å². The molecule has 116 valence electrons. The minimum Gasteiger partial charge on any atom is -0.355 e. The van der Waals surface area contributed by atoms with Crippen LogP contribution in [0, 0.1) is 5.92 Å². The van der Waals surface area contributed by atoms with Crippen molar-refractivity contribution in [1.82, 2.24) is 5.32 Å². The van der Waals surface area contributed by atoms with Gasteiger partial charge in [0.1, 0.15) is 5.75 Å². The van der Waals surface area contributed by atoms with Crippen LogP contribution in [0.5, 0.6) is 0 Å². The molecule has 0 bridgehead atoms. The van der Waals surface area contributed by atoms with Crippen molar-refractivity contribution in [3.05, 3.63) is 29.8 Å². The van der Waals surface area contributed by atoms with E-state index in [0.717, 1.165) is 6.42 Å². The molecule has 0 spiro atoms. The molecule has 1 aromatic rings. The van der Waals surface area contributed by atoms with E-state index in [0.29, 0.717) is 12.1 Å². The zero-order valence-electron chi connectivity index (χ0n) is 12.5. The van der Waals surface area contributed by atoms with Gasteiger partial charge in [0.25, 0.3) is 0 Å². The van der Waals surface area contributed by atoms with Crippen LogP contribution in [0.4, 0.5) is 0 Å². The molecule has 1 aromatic carbocycles. The molecule has 0 aliphatic carbocycles. The fourth-order valence-corrected chi connectivity index (χ4v) is 2.90. The number of Topliss-reactive ketones (excluding diaryl/α,β-unsaturated/α-hetero) is 1. The molecule has 5 nitrogen and oxygen atoms in total. The molecular weight excluding hydrogens is 290 g/mol. The highest BCUT2D eigenvalue weighted by Gasteiger charge is 2.19. The first kappa shape index (κ1) is 17.4. The summed E-state index contributed by atoms with van der Waals surface area (Å²) in [5.74, 6) is -1.28. The Balaban J connectivity index is 2.85. The van der Waals surface area contributed by atoms with E-state index in [1.807, 2.05) is 6.92 Å². The van der Waals surface area contributed by atoms with Crippen LogP contribution in [0.15, 0.2) is 29.2 Å². The van der Waals surface area contributed by atoms with Crippen LogP contribution < -0.4 is 5.32 Å². The van der Waals surface area contributed by atoms with E-state index >= 15 is 0 Å². The third kappa shape index (κ3) is 4.97. The highest BCUT2D eigenvalue weighted by atomic mass is 32.2. The fourth-order valence-electron chi connectivity index (χ4n) is 1.73. The number of sulfone groups is 1. The van der Waals surface area contributed by atoms with E-state index < -0.39 is 21.5 Å². The molecule has 0 fully saturated rings. The average molecular weight is 311 g/mol. The lowest BCUT2D eigenvalue weighted by Gasteiger charge is -2.07. The summed E-state index contributed by atoms with van der Waals surface area (Å²) in [4.78, 5) is 23.3. The maximum Gasteiger partial charge on any atom is 0.235 e. The molecule has 0 aromatic heterocycles. The largest absolute Gasteiger partial charge is 0.355 e. The zero-order valence-corrected chi connectivity index (χ0v) is 13.4. The van der Waals surface area contributed by atoms with Crippen LogP contribution in [0.25, 0.3) is 0 Å². The Morgan fingerprint density at radius 3 is 2.19 bits per heavy atom.